The van der Waals surface area contributed by atoms with E-state index in [-0.39, 0.29) is 12.0 Å². The third-order valence-electron chi connectivity index (χ3n) is 3.61. The van der Waals surface area contributed by atoms with E-state index in [1.54, 1.807) is 12.4 Å². The highest BCUT2D eigenvalue weighted by Gasteiger charge is 2.43. The van der Waals surface area contributed by atoms with Crippen LogP contribution >= 0.6 is 24.4 Å². The molecule has 1 aliphatic rings. The van der Waals surface area contributed by atoms with Crippen molar-refractivity contribution in [2.75, 3.05) is 0 Å². The predicted octanol–water partition coefficient (Wildman–Crippen LogP) is 2.13. The molecule has 2 aromatic heterocycles. The molecular formula is C16H13N4S2+. The molecule has 1 aliphatic heterocycles. The lowest BCUT2D eigenvalue weighted by molar-refractivity contribution is -0.708. The maximum atomic E-state index is 7.64. The molecule has 0 aliphatic carbocycles. The third-order valence-corrected chi connectivity index (χ3v) is 4.28. The van der Waals surface area contributed by atoms with E-state index in [1.165, 1.54) is 0 Å². The van der Waals surface area contributed by atoms with Gasteiger partial charge < -0.3 is 5.32 Å². The Labute approximate surface area is 139 Å². The van der Waals surface area contributed by atoms with Crippen LogP contribution in [0.1, 0.15) is 17.5 Å². The first-order valence-corrected chi connectivity index (χ1v) is 7.54. The van der Waals surface area contributed by atoms with Crippen LogP contribution in [0.5, 0.6) is 0 Å². The Hall–Kier alpha value is -2.27. The van der Waals surface area contributed by atoms with Crippen LogP contribution in [-0.4, -0.2) is 20.8 Å². The minimum absolute atomic E-state index is 0.167. The van der Waals surface area contributed by atoms with E-state index in [1.807, 2.05) is 47.3 Å². The minimum atomic E-state index is -0.181. The van der Waals surface area contributed by atoms with Gasteiger partial charge in [0.1, 0.15) is 4.99 Å². The molecule has 1 fully saturated rings. The van der Waals surface area contributed by atoms with E-state index in [2.05, 4.69) is 16.2 Å². The van der Waals surface area contributed by atoms with Crippen LogP contribution in [0, 0.1) is 5.41 Å². The molecule has 0 saturated carbocycles. The summed E-state index contributed by atoms with van der Waals surface area (Å²) < 4.78 is 2.02. The van der Waals surface area contributed by atoms with Crippen LogP contribution in [-0.2, 0) is 0 Å². The van der Waals surface area contributed by atoms with E-state index in [0.29, 0.717) is 15.6 Å². The largest absolute Gasteiger partial charge is 0.335 e. The molecule has 6 heteroatoms. The van der Waals surface area contributed by atoms with Gasteiger partial charge in [0.2, 0.25) is 6.04 Å². The molecule has 2 aromatic rings. The lowest BCUT2D eigenvalue weighted by Crippen LogP contribution is -2.55. The van der Waals surface area contributed by atoms with Crippen LogP contribution in [0.25, 0.3) is 0 Å². The fourth-order valence-corrected chi connectivity index (χ4v) is 3.36. The number of aromatic nitrogens is 2. The van der Waals surface area contributed by atoms with Gasteiger partial charge in [0.15, 0.2) is 17.4 Å². The molecule has 2 N–H and O–H groups in total. The van der Waals surface area contributed by atoms with E-state index in [4.69, 9.17) is 29.8 Å². The van der Waals surface area contributed by atoms with Crippen molar-refractivity contribution in [3.63, 3.8) is 0 Å². The smallest absolute Gasteiger partial charge is 0.219 e. The molecule has 2 atom stereocenters. The Balaban J connectivity index is 2.18. The van der Waals surface area contributed by atoms with Crippen LogP contribution < -0.4 is 9.88 Å². The molecule has 1 saturated heterocycles. The summed E-state index contributed by atoms with van der Waals surface area (Å²) in [5.74, 6) is 2.30. The molecule has 0 aromatic carbocycles. The number of nitrogens with one attached hydrogen (secondary N) is 2. The summed E-state index contributed by atoms with van der Waals surface area (Å²) in [6.45, 7) is 0. The molecule has 22 heavy (non-hydrogen) atoms. The maximum absolute atomic E-state index is 7.64. The number of pyridine rings is 2. The summed E-state index contributed by atoms with van der Waals surface area (Å²) in [6.07, 6.45) is 7.42. The summed E-state index contributed by atoms with van der Waals surface area (Å²) >= 11 is 10.9. The molecule has 3 heterocycles. The van der Waals surface area contributed by atoms with E-state index in [9.17, 15) is 0 Å². The Morgan fingerprint density at radius 2 is 1.95 bits per heavy atom. The van der Waals surface area contributed by atoms with E-state index >= 15 is 0 Å². The number of nitrogens with zero attached hydrogens (tertiary/aromatic N) is 2. The van der Waals surface area contributed by atoms with Crippen molar-refractivity contribution in [1.29, 1.82) is 5.41 Å². The minimum Gasteiger partial charge on any atom is -0.335 e. The molecule has 0 bridgehead atoms. The Morgan fingerprint density at radius 3 is 2.59 bits per heavy atom. The van der Waals surface area contributed by atoms with Gasteiger partial charge in [-0.3, -0.25) is 10.4 Å². The fourth-order valence-electron chi connectivity index (χ4n) is 2.65. The Bertz CT molecular complexity index is 767. The second kappa shape index (κ2) is 6.23. The van der Waals surface area contributed by atoms with Gasteiger partial charge in [-0.2, -0.15) is 4.57 Å². The molecule has 0 amide bonds. The summed E-state index contributed by atoms with van der Waals surface area (Å²) in [7, 11) is 0. The van der Waals surface area contributed by atoms with Crippen molar-refractivity contribution in [3.05, 3.63) is 66.3 Å². The zero-order valence-electron chi connectivity index (χ0n) is 11.6. The first-order chi connectivity index (χ1) is 10.7. The summed E-state index contributed by atoms with van der Waals surface area (Å²) in [6, 6.07) is 9.53. The monoisotopic (exact) mass is 325 g/mol. The molecule has 0 radical (unpaired) electrons. The van der Waals surface area contributed by atoms with Gasteiger partial charge in [0, 0.05) is 24.5 Å². The van der Waals surface area contributed by atoms with E-state index < -0.39 is 0 Å². The van der Waals surface area contributed by atoms with Crippen molar-refractivity contribution in [2.24, 2.45) is 0 Å². The number of rotatable bonds is 2. The molecule has 0 spiro atoms. The molecule has 3 rings (SSSR count). The van der Waals surface area contributed by atoms with Crippen LogP contribution in [0.4, 0.5) is 0 Å². The number of hydrogen-bond donors (Lipinski definition) is 2. The second-order valence-corrected chi connectivity index (χ2v) is 5.74. The van der Waals surface area contributed by atoms with Crippen molar-refractivity contribution in [2.45, 2.75) is 12.0 Å². The fraction of sp³-hybridized carbons (Fsp3) is 0.125. The van der Waals surface area contributed by atoms with Crippen molar-refractivity contribution >= 4 is 40.3 Å². The summed E-state index contributed by atoms with van der Waals surface area (Å²) in [5, 5.41) is 10.7. The maximum Gasteiger partial charge on any atom is 0.219 e. The molecule has 108 valence electrons. The Morgan fingerprint density at radius 1 is 1.18 bits per heavy atom. The summed E-state index contributed by atoms with van der Waals surface area (Å²) in [4.78, 5) is 5.28. The topological polar surface area (TPSA) is 52.7 Å². The normalized spacial score (nSPS) is 21.2. The first-order valence-electron chi connectivity index (χ1n) is 6.73. The number of thiocarbonyl (C=S) groups is 2. The highest BCUT2D eigenvalue weighted by atomic mass is 32.1. The average molecular weight is 325 g/mol. The highest BCUT2D eigenvalue weighted by molar-refractivity contribution is 7.82. The van der Waals surface area contributed by atoms with Gasteiger partial charge in [-0.05, 0) is 17.5 Å². The van der Waals surface area contributed by atoms with Gasteiger partial charge in [-0.25, -0.2) is 0 Å². The molecular weight excluding hydrogens is 312 g/mol. The van der Waals surface area contributed by atoms with Gasteiger partial charge in [0.25, 0.3) is 0 Å². The van der Waals surface area contributed by atoms with Crippen molar-refractivity contribution in [1.82, 2.24) is 10.3 Å². The lowest BCUT2D eigenvalue weighted by atomic mass is 9.83. The zero-order chi connectivity index (χ0) is 15.5. The van der Waals surface area contributed by atoms with E-state index in [0.717, 1.165) is 5.56 Å². The van der Waals surface area contributed by atoms with Crippen molar-refractivity contribution in [3.8, 4) is 0 Å². The van der Waals surface area contributed by atoms with Crippen molar-refractivity contribution < 1.29 is 4.57 Å². The second-order valence-electron chi connectivity index (χ2n) is 4.89. The molecule has 4 nitrogen and oxygen atoms in total. The first kappa shape index (κ1) is 14.7. The quantitative estimate of drug-likeness (QED) is 0.384. The standard InChI is InChI=1S/C16H12N4S2/c17-9-12-13(11-5-4-6-18-10-11)14(16(22)19-15(12)21)20-7-2-1-3-8-20/h1-8,10,13-14,17H/p+1. The van der Waals surface area contributed by atoms with Gasteiger partial charge in [0.05, 0.1) is 11.5 Å². The summed E-state index contributed by atoms with van der Waals surface area (Å²) in [5.41, 5.74) is 1.59. The highest BCUT2D eigenvalue weighted by Crippen LogP contribution is 2.35. The van der Waals surface area contributed by atoms with Crippen LogP contribution in [0.3, 0.4) is 0 Å². The van der Waals surface area contributed by atoms with Gasteiger partial charge in [-0.15, -0.1) is 0 Å². The van der Waals surface area contributed by atoms with Crippen LogP contribution in [0.2, 0.25) is 0 Å². The predicted molar refractivity (Wildman–Crippen MR) is 92.2 cm³/mol. The number of hydrogen-bond acceptors (Lipinski definition) is 4. The molecule has 2 unspecified atom stereocenters. The van der Waals surface area contributed by atoms with Gasteiger partial charge >= 0.3 is 0 Å². The Kier molecular flexibility index (Phi) is 4.15. The third kappa shape index (κ3) is 2.60. The van der Waals surface area contributed by atoms with Gasteiger partial charge in [-0.1, -0.05) is 36.6 Å². The SMILES string of the molecule is N=C=C1C(=S)NC(=S)C([n+]2ccccc2)C1c1cccnc1. The number of piperidine rings is 1. The zero-order valence-corrected chi connectivity index (χ0v) is 13.2. The average Bonchev–Trinajstić information content (AvgIpc) is 2.56. The lowest BCUT2D eigenvalue weighted by Gasteiger charge is -2.30. The van der Waals surface area contributed by atoms with Crippen LogP contribution in [0.15, 0.2) is 60.7 Å².